The van der Waals surface area contributed by atoms with Crippen LogP contribution >= 0.6 is 0 Å². The van der Waals surface area contributed by atoms with Crippen LogP contribution in [0.5, 0.6) is 0 Å². The van der Waals surface area contributed by atoms with E-state index in [0.717, 1.165) is 4.90 Å². The van der Waals surface area contributed by atoms with Gasteiger partial charge in [0.25, 0.3) is 0 Å². The molecule has 0 atom stereocenters. The number of hydrogen-bond donors (Lipinski definition) is 0. The zero-order valence-corrected chi connectivity index (χ0v) is 4.82. The van der Waals surface area contributed by atoms with Crippen LogP contribution in [0, 0.1) is 0 Å². The van der Waals surface area contributed by atoms with Crippen molar-refractivity contribution in [1.29, 1.82) is 0 Å². The number of alkyl halides is 2. The summed E-state index contributed by atoms with van der Waals surface area (Å²) in [4.78, 5) is 1.09. The Morgan fingerprint density at radius 2 is 2.12 bits per heavy atom. The standard InChI is InChI=1S/C5H9F2N/c1-8-4-2-3-5(8,6)7/h2-4H2,1H3. The second-order valence-corrected chi connectivity index (χ2v) is 2.19. The lowest BCUT2D eigenvalue weighted by Crippen LogP contribution is -2.31. The van der Waals surface area contributed by atoms with Crippen LogP contribution in [0.15, 0.2) is 0 Å². The molecule has 1 heterocycles. The van der Waals surface area contributed by atoms with Gasteiger partial charge in [0.2, 0.25) is 0 Å². The van der Waals surface area contributed by atoms with Crippen molar-refractivity contribution in [2.75, 3.05) is 13.6 Å². The lowest BCUT2D eigenvalue weighted by atomic mass is 10.4. The predicted octanol–water partition coefficient (Wildman–Crippen LogP) is 1.30. The molecule has 1 fully saturated rings. The SMILES string of the molecule is CN1CCCC1(F)F. The molecule has 0 saturated carbocycles. The molecule has 1 aliphatic rings. The maximum Gasteiger partial charge on any atom is 0.304 e. The molecule has 0 bridgehead atoms. The van der Waals surface area contributed by atoms with Crippen molar-refractivity contribution in [3.05, 3.63) is 0 Å². The van der Waals surface area contributed by atoms with Gasteiger partial charge in [-0.3, -0.25) is 0 Å². The first-order chi connectivity index (χ1) is 3.63. The number of hydrogen-bond acceptors (Lipinski definition) is 1. The summed E-state index contributed by atoms with van der Waals surface area (Å²) in [5.74, 6) is 0. The molecule has 0 aromatic rings. The third-order valence-corrected chi connectivity index (χ3v) is 1.53. The average Bonchev–Trinajstić information content (AvgIpc) is 1.86. The lowest BCUT2D eigenvalue weighted by molar-refractivity contribution is -0.105. The second-order valence-electron chi connectivity index (χ2n) is 2.19. The molecule has 0 aliphatic carbocycles. The van der Waals surface area contributed by atoms with Crippen molar-refractivity contribution < 1.29 is 8.78 Å². The van der Waals surface area contributed by atoms with E-state index in [4.69, 9.17) is 0 Å². The van der Waals surface area contributed by atoms with Gasteiger partial charge in [0.1, 0.15) is 0 Å². The summed E-state index contributed by atoms with van der Waals surface area (Å²) >= 11 is 0. The van der Waals surface area contributed by atoms with Crippen molar-refractivity contribution in [3.8, 4) is 0 Å². The monoisotopic (exact) mass is 121 g/mol. The van der Waals surface area contributed by atoms with E-state index in [1.807, 2.05) is 0 Å². The normalized spacial score (nSPS) is 28.9. The van der Waals surface area contributed by atoms with Crippen LogP contribution in [0.1, 0.15) is 12.8 Å². The van der Waals surface area contributed by atoms with Gasteiger partial charge in [0, 0.05) is 13.0 Å². The first kappa shape index (κ1) is 5.95. The molecule has 0 spiro atoms. The van der Waals surface area contributed by atoms with E-state index in [1.165, 1.54) is 7.05 Å². The maximum atomic E-state index is 12.3. The van der Waals surface area contributed by atoms with Gasteiger partial charge >= 0.3 is 6.05 Å². The van der Waals surface area contributed by atoms with Gasteiger partial charge in [0.05, 0.1) is 0 Å². The highest BCUT2D eigenvalue weighted by molar-refractivity contribution is 4.73. The summed E-state index contributed by atoms with van der Waals surface area (Å²) < 4.78 is 24.5. The minimum absolute atomic E-state index is 0.0312. The quantitative estimate of drug-likeness (QED) is 0.437. The van der Waals surface area contributed by atoms with Crippen molar-refractivity contribution in [3.63, 3.8) is 0 Å². The largest absolute Gasteiger partial charge is 0.304 e. The Balaban J connectivity index is 2.54. The van der Waals surface area contributed by atoms with Gasteiger partial charge in [-0.25, -0.2) is 4.90 Å². The van der Waals surface area contributed by atoms with Gasteiger partial charge in [-0.2, -0.15) is 8.78 Å². The van der Waals surface area contributed by atoms with Crippen molar-refractivity contribution in [2.45, 2.75) is 18.9 Å². The first-order valence-corrected chi connectivity index (χ1v) is 2.72. The average molecular weight is 121 g/mol. The Morgan fingerprint density at radius 3 is 2.25 bits per heavy atom. The zero-order valence-electron chi connectivity index (χ0n) is 4.82. The molecule has 0 N–H and O–H groups in total. The Labute approximate surface area is 47.3 Å². The van der Waals surface area contributed by atoms with Gasteiger partial charge in [-0.05, 0) is 13.5 Å². The highest BCUT2D eigenvalue weighted by Crippen LogP contribution is 2.29. The molecule has 1 rings (SSSR count). The Bertz CT molecular complexity index is 92.4. The van der Waals surface area contributed by atoms with E-state index >= 15 is 0 Å². The Morgan fingerprint density at radius 1 is 1.50 bits per heavy atom. The molecule has 3 heteroatoms. The Hall–Kier alpha value is -0.180. The predicted molar refractivity (Wildman–Crippen MR) is 26.8 cm³/mol. The van der Waals surface area contributed by atoms with Gasteiger partial charge in [-0.1, -0.05) is 0 Å². The topological polar surface area (TPSA) is 3.24 Å². The second kappa shape index (κ2) is 1.65. The molecule has 0 aromatic carbocycles. The van der Waals surface area contributed by atoms with Gasteiger partial charge < -0.3 is 0 Å². The minimum Gasteiger partial charge on any atom is -0.248 e. The molecule has 1 saturated heterocycles. The van der Waals surface area contributed by atoms with E-state index in [0.29, 0.717) is 13.0 Å². The van der Waals surface area contributed by atoms with Crippen LogP contribution in [0.25, 0.3) is 0 Å². The number of rotatable bonds is 0. The summed E-state index contributed by atoms with van der Waals surface area (Å²) in [6.45, 7) is 0.535. The summed E-state index contributed by atoms with van der Waals surface area (Å²) in [7, 11) is 1.45. The van der Waals surface area contributed by atoms with E-state index in [2.05, 4.69) is 0 Å². The molecular formula is C5H9F2N. The fourth-order valence-corrected chi connectivity index (χ4v) is 0.883. The summed E-state index contributed by atoms with van der Waals surface area (Å²) in [6.07, 6.45) is 0.660. The molecule has 1 aliphatic heterocycles. The van der Waals surface area contributed by atoms with Gasteiger partial charge in [-0.15, -0.1) is 0 Å². The lowest BCUT2D eigenvalue weighted by Gasteiger charge is -2.17. The summed E-state index contributed by atoms with van der Waals surface area (Å²) in [5, 5.41) is 0. The summed E-state index contributed by atoms with van der Waals surface area (Å²) in [5.41, 5.74) is 0. The summed E-state index contributed by atoms with van der Waals surface area (Å²) in [6, 6.07) is -2.51. The molecule has 1 nitrogen and oxygen atoms in total. The molecule has 48 valence electrons. The highest BCUT2D eigenvalue weighted by Gasteiger charge is 2.38. The highest BCUT2D eigenvalue weighted by atomic mass is 19.3. The van der Waals surface area contributed by atoms with Crippen molar-refractivity contribution in [1.82, 2.24) is 4.90 Å². The van der Waals surface area contributed by atoms with Crippen molar-refractivity contribution in [2.24, 2.45) is 0 Å². The van der Waals surface area contributed by atoms with Crippen LogP contribution in [-0.2, 0) is 0 Å². The van der Waals surface area contributed by atoms with E-state index in [9.17, 15) is 8.78 Å². The van der Waals surface area contributed by atoms with Crippen LogP contribution in [0.4, 0.5) is 8.78 Å². The smallest absolute Gasteiger partial charge is 0.248 e. The molecule has 0 unspecified atom stereocenters. The van der Waals surface area contributed by atoms with Crippen LogP contribution < -0.4 is 0 Å². The molecule has 8 heavy (non-hydrogen) atoms. The van der Waals surface area contributed by atoms with Crippen LogP contribution in [0.2, 0.25) is 0 Å². The number of likely N-dealkylation sites (tertiary alicyclic amines) is 1. The zero-order chi connectivity index (χ0) is 6.20. The molecule has 0 amide bonds. The molecule has 0 radical (unpaired) electrons. The molecular weight excluding hydrogens is 112 g/mol. The molecule has 0 aromatic heterocycles. The van der Waals surface area contributed by atoms with Gasteiger partial charge in [0.15, 0.2) is 0 Å². The van der Waals surface area contributed by atoms with E-state index < -0.39 is 6.05 Å². The minimum atomic E-state index is -2.51. The van der Waals surface area contributed by atoms with Crippen LogP contribution in [-0.4, -0.2) is 24.5 Å². The Kier molecular flexibility index (Phi) is 1.23. The van der Waals surface area contributed by atoms with E-state index in [-0.39, 0.29) is 6.42 Å². The van der Waals surface area contributed by atoms with Crippen LogP contribution in [0.3, 0.4) is 0 Å². The maximum absolute atomic E-state index is 12.3. The first-order valence-electron chi connectivity index (χ1n) is 2.72. The fraction of sp³-hybridized carbons (Fsp3) is 1.00. The van der Waals surface area contributed by atoms with Crippen molar-refractivity contribution >= 4 is 0 Å². The van der Waals surface area contributed by atoms with E-state index in [1.54, 1.807) is 0 Å². The number of nitrogens with zero attached hydrogens (tertiary/aromatic N) is 1. The fourth-order valence-electron chi connectivity index (χ4n) is 0.883. The third-order valence-electron chi connectivity index (χ3n) is 1.53. The number of halogens is 2. The third kappa shape index (κ3) is 0.823.